The number of amides is 1. The number of halogens is 1. The molecule has 0 saturated carbocycles. The summed E-state index contributed by atoms with van der Waals surface area (Å²) in [6.07, 6.45) is 1.30. The lowest BCUT2D eigenvalue weighted by atomic mass is 9.95. The Hall–Kier alpha value is -4.08. The molecule has 2 N–H and O–H groups in total. The van der Waals surface area contributed by atoms with Gasteiger partial charge >= 0.3 is 5.97 Å². The van der Waals surface area contributed by atoms with Gasteiger partial charge in [0.25, 0.3) is 17.4 Å². The molecule has 1 aliphatic rings. The number of carbonyl (C=O) groups excluding carboxylic acids is 2. The summed E-state index contributed by atoms with van der Waals surface area (Å²) in [6, 6.07) is 9.04. The number of hydrogen-bond donors (Lipinski definition) is 2. The molecular formula is C23H21FN2O7. The molecule has 1 saturated heterocycles. The molecule has 0 aliphatic carbocycles. The number of aliphatic hydroxyl groups excluding tert-OH is 1. The summed E-state index contributed by atoms with van der Waals surface area (Å²) in [4.78, 5) is 48.0. The van der Waals surface area contributed by atoms with Crippen LogP contribution < -0.4 is 0 Å². The first-order chi connectivity index (χ1) is 15.7. The van der Waals surface area contributed by atoms with Gasteiger partial charge in [-0.2, -0.15) is 0 Å². The Morgan fingerprint density at radius 1 is 1.00 bits per heavy atom. The highest BCUT2D eigenvalue weighted by Crippen LogP contribution is 2.40. The predicted molar refractivity (Wildman–Crippen MR) is 115 cm³/mol. The second-order valence-electron chi connectivity index (χ2n) is 7.55. The lowest BCUT2D eigenvalue weighted by molar-refractivity contribution is -0.384. The molecule has 3 rings (SSSR count). The largest absolute Gasteiger partial charge is 0.507 e. The maximum absolute atomic E-state index is 13.3. The summed E-state index contributed by atoms with van der Waals surface area (Å²) < 4.78 is 13.3. The number of aliphatic hydroxyl groups is 1. The summed E-state index contributed by atoms with van der Waals surface area (Å²) in [5.74, 6) is -3.73. The maximum atomic E-state index is 13.3. The number of likely N-dealkylation sites (tertiary alicyclic amines) is 1. The Balaban J connectivity index is 1.99. The van der Waals surface area contributed by atoms with Crippen LogP contribution in [0.15, 0.2) is 54.1 Å². The van der Waals surface area contributed by atoms with E-state index in [0.29, 0.717) is 24.8 Å². The Kier molecular flexibility index (Phi) is 7.17. The number of ketones is 1. The Morgan fingerprint density at radius 3 is 2.21 bits per heavy atom. The molecule has 2 aromatic rings. The SMILES string of the molecule is O=C(O)CCCCCN1C(=O)C(=O)/C(=C(/O)c2ccc(F)cc2)C1c1ccc([N+](=O)[O-])cc1. The standard InChI is InChI=1S/C23H21FN2O7/c24-16-9-5-15(6-10-16)21(29)19-20(14-7-11-17(12-8-14)26(32)33)25(23(31)22(19)30)13-3-1-2-4-18(27)28/h5-12,20,29H,1-4,13H2,(H,27,28)/b21-19+. The van der Waals surface area contributed by atoms with Crippen molar-refractivity contribution in [1.29, 1.82) is 0 Å². The van der Waals surface area contributed by atoms with Gasteiger partial charge in [-0.15, -0.1) is 0 Å². The number of carbonyl (C=O) groups is 3. The van der Waals surface area contributed by atoms with E-state index in [-0.39, 0.29) is 29.8 Å². The van der Waals surface area contributed by atoms with Crippen LogP contribution in [0.2, 0.25) is 0 Å². The average molecular weight is 456 g/mol. The van der Waals surface area contributed by atoms with Gasteiger partial charge in [0.1, 0.15) is 11.6 Å². The fourth-order valence-corrected chi connectivity index (χ4v) is 3.73. The van der Waals surface area contributed by atoms with Crippen LogP contribution in [0.3, 0.4) is 0 Å². The maximum Gasteiger partial charge on any atom is 0.303 e. The molecule has 33 heavy (non-hydrogen) atoms. The van der Waals surface area contributed by atoms with Gasteiger partial charge in [0.2, 0.25) is 0 Å². The Morgan fingerprint density at radius 2 is 1.64 bits per heavy atom. The van der Waals surface area contributed by atoms with E-state index in [9.17, 15) is 34.0 Å². The van der Waals surface area contributed by atoms with E-state index in [0.717, 1.165) is 12.1 Å². The van der Waals surface area contributed by atoms with E-state index in [4.69, 9.17) is 5.11 Å². The van der Waals surface area contributed by atoms with E-state index in [1.165, 1.54) is 41.3 Å². The number of Topliss-reactive ketones (excluding diaryl/α,β-unsaturated/α-hetero) is 1. The summed E-state index contributed by atoms with van der Waals surface area (Å²) in [6.45, 7) is 0.117. The van der Waals surface area contributed by atoms with Crippen LogP contribution in [0, 0.1) is 15.9 Å². The molecule has 1 unspecified atom stereocenters. The van der Waals surface area contributed by atoms with E-state index in [1.54, 1.807) is 0 Å². The number of nitro groups is 1. The molecule has 1 amide bonds. The number of aliphatic carboxylic acids is 1. The number of benzene rings is 2. The van der Waals surface area contributed by atoms with Crippen LogP contribution in [0.25, 0.3) is 5.76 Å². The van der Waals surface area contributed by atoms with Crippen LogP contribution >= 0.6 is 0 Å². The molecule has 0 radical (unpaired) electrons. The lowest BCUT2D eigenvalue weighted by Crippen LogP contribution is -2.30. The van der Waals surface area contributed by atoms with E-state index in [1.807, 2.05) is 0 Å². The number of nitro benzene ring substituents is 1. The molecule has 0 aromatic heterocycles. The molecule has 1 fully saturated rings. The molecule has 172 valence electrons. The molecule has 9 nitrogen and oxygen atoms in total. The van der Waals surface area contributed by atoms with Gasteiger partial charge in [-0.3, -0.25) is 24.5 Å². The summed E-state index contributed by atoms with van der Waals surface area (Å²) in [5.41, 5.74) is 0.144. The van der Waals surface area contributed by atoms with Crippen molar-refractivity contribution in [3.05, 3.63) is 81.2 Å². The van der Waals surface area contributed by atoms with Crippen LogP contribution in [0.5, 0.6) is 0 Å². The minimum absolute atomic E-state index is 0.0187. The van der Waals surface area contributed by atoms with Crippen molar-refractivity contribution in [3.63, 3.8) is 0 Å². The minimum atomic E-state index is -1.00. The number of rotatable bonds is 9. The lowest BCUT2D eigenvalue weighted by Gasteiger charge is -2.25. The fraction of sp³-hybridized carbons (Fsp3) is 0.261. The molecule has 10 heteroatoms. The summed E-state index contributed by atoms with van der Waals surface area (Å²) >= 11 is 0. The number of non-ortho nitro benzene ring substituents is 1. The average Bonchev–Trinajstić information content (AvgIpc) is 3.03. The molecule has 2 aromatic carbocycles. The van der Waals surface area contributed by atoms with Gasteiger partial charge < -0.3 is 15.1 Å². The topological polar surface area (TPSA) is 138 Å². The molecular weight excluding hydrogens is 435 g/mol. The smallest absolute Gasteiger partial charge is 0.303 e. The first kappa shape index (κ1) is 23.6. The number of unbranched alkanes of at least 4 members (excludes halogenated alkanes) is 2. The normalized spacial score (nSPS) is 17.4. The van der Waals surface area contributed by atoms with Crippen molar-refractivity contribution in [1.82, 2.24) is 4.90 Å². The van der Waals surface area contributed by atoms with Crippen molar-refractivity contribution in [2.45, 2.75) is 31.7 Å². The van der Waals surface area contributed by atoms with E-state index >= 15 is 0 Å². The van der Waals surface area contributed by atoms with E-state index < -0.39 is 40.2 Å². The number of nitrogens with zero attached hydrogens (tertiary/aromatic N) is 2. The van der Waals surface area contributed by atoms with Gasteiger partial charge in [-0.1, -0.05) is 6.42 Å². The van der Waals surface area contributed by atoms with Gasteiger partial charge in [-0.25, -0.2) is 4.39 Å². The van der Waals surface area contributed by atoms with Crippen LogP contribution in [-0.4, -0.2) is 44.2 Å². The first-order valence-corrected chi connectivity index (χ1v) is 10.2. The van der Waals surface area contributed by atoms with Gasteiger partial charge in [0, 0.05) is 30.7 Å². The first-order valence-electron chi connectivity index (χ1n) is 10.2. The van der Waals surface area contributed by atoms with Gasteiger partial charge in [0.15, 0.2) is 0 Å². The zero-order chi connectivity index (χ0) is 24.1. The Bertz CT molecular complexity index is 1110. The Labute approximate surface area is 187 Å². The van der Waals surface area contributed by atoms with Crippen molar-refractivity contribution in [2.75, 3.05) is 6.54 Å². The van der Waals surface area contributed by atoms with Gasteiger partial charge in [0.05, 0.1) is 16.5 Å². The highest BCUT2D eigenvalue weighted by Gasteiger charge is 2.45. The van der Waals surface area contributed by atoms with Crippen LogP contribution in [0.4, 0.5) is 10.1 Å². The quantitative estimate of drug-likeness (QED) is 0.146. The molecule has 1 aliphatic heterocycles. The monoisotopic (exact) mass is 456 g/mol. The van der Waals surface area contributed by atoms with Crippen LogP contribution in [-0.2, 0) is 14.4 Å². The number of carboxylic acid groups (broad SMARTS) is 1. The molecule has 0 spiro atoms. The second-order valence-corrected chi connectivity index (χ2v) is 7.55. The van der Waals surface area contributed by atoms with Crippen molar-refractivity contribution in [2.24, 2.45) is 0 Å². The fourth-order valence-electron chi connectivity index (χ4n) is 3.73. The highest BCUT2D eigenvalue weighted by atomic mass is 19.1. The highest BCUT2D eigenvalue weighted by molar-refractivity contribution is 6.46. The molecule has 0 bridgehead atoms. The third-order valence-corrected chi connectivity index (χ3v) is 5.37. The molecule has 1 atom stereocenters. The third-order valence-electron chi connectivity index (χ3n) is 5.37. The molecule has 1 heterocycles. The number of hydrogen-bond acceptors (Lipinski definition) is 6. The summed E-state index contributed by atoms with van der Waals surface area (Å²) in [7, 11) is 0. The zero-order valence-corrected chi connectivity index (χ0v) is 17.4. The summed E-state index contributed by atoms with van der Waals surface area (Å²) in [5, 5.41) is 30.6. The zero-order valence-electron chi connectivity index (χ0n) is 17.4. The predicted octanol–water partition coefficient (Wildman–Crippen LogP) is 3.80. The van der Waals surface area contributed by atoms with Crippen molar-refractivity contribution >= 4 is 29.1 Å². The van der Waals surface area contributed by atoms with Gasteiger partial charge in [-0.05, 0) is 54.8 Å². The van der Waals surface area contributed by atoms with Crippen LogP contribution in [0.1, 0.15) is 42.9 Å². The number of carboxylic acids is 1. The second kappa shape index (κ2) is 10.0. The van der Waals surface area contributed by atoms with E-state index in [2.05, 4.69) is 0 Å². The minimum Gasteiger partial charge on any atom is -0.507 e. The third kappa shape index (κ3) is 5.22. The van der Waals surface area contributed by atoms with Crippen molar-refractivity contribution < 1.29 is 33.9 Å². The van der Waals surface area contributed by atoms with Crippen molar-refractivity contribution in [3.8, 4) is 0 Å².